The van der Waals surface area contributed by atoms with Crippen LogP contribution in [0.25, 0.3) is 0 Å². The number of Topliss-reactive ketones (excluding diaryl/α,β-unsaturated/α-hetero) is 1. The monoisotopic (exact) mass is 549 g/mol. The minimum Gasteiger partial charge on any atom is -0.465 e. The summed E-state index contributed by atoms with van der Waals surface area (Å²) in [7, 11) is 1.33. The Morgan fingerprint density at radius 1 is 1.18 bits per heavy atom. The molecule has 2 heterocycles. The Hall–Kier alpha value is -3.16. The molecule has 38 heavy (non-hydrogen) atoms. The standard InChI is InChI=1S/C28H31N5O3S2/c1-28(2)13-20-23(21(34)14-28)22(16-9-11-17(12-10-16)25(35)36-3)19(15-29)24(30)33(20)26-31-32-27(38-26)37-18-7-5-4-6-8-18/h9-12,18,22H,4-8,13-14,30H2,1-3H3. The van der Waals surface area contributed by atoms with E-state index in [1.54, 1.807) is 40.9 Å². The average molecular weight is 550 g/mol. The van der Waals surface area contributed by atoms with E-state index in [2.05, 4.69) is 30.1 Å². The van der Waals surface area contributed by atoms with Crippen LogP contribution in [0, 0.1) is 16.7 Å². The minimum atomic E-state index is -0.620. The number of thioether (sulfide) groups is 1. The second kappa shape index (κ2) is 10.5. The Kier molecular flexibility index (Phi) is 7.34. The Labute approximate surface area is 230 Å². The molecule has 1 atom stereocenters. The molecule has 1 fully saturated rings. The van der Waals surface area contributed by atoms with Crippen molar-refractivity contribution >= 4 is 40.0 Å². The normalized spacial score (nSPS) is 21.8. The summed E-state index contributed by atoms with van der Waals surface area (Å²) in [6, 6.07) is 9.11. The molecule has 0 amide bonds. The summed E-state index contributed by atoms with van der Waals surface area (Å²) < 4.78 is 5.69. The van der Waals surface area contributed by atoms with E-state index in [0.29, 0.717) is 39.9 Å². The smallest absolute Gasteiger partial charge is 0.337 e. The molecule has 10 heteroatoms. The van der Waals surface area contributed by atoms with Gasteiger partial charge in [-0.2, -0.15) is 5.26 Å². The van der Waals surface area contributed by atoms with E-state index < -0.39 is 11.9 Å². The number of aromatic nitrogens is 2. The van der Waals surface area contributed by atoms with Gasteiger partial charge in [0.1, 0.15) is 5.82 Å². The molecule has 1 unspecified atom stereocenters. The van der Waals surface area contributed by atoms with Crippen molar-refractivity contribution in [3.8, 4) is 6.07 Å². The first-order valence-corrected chi connectivity index (χ1v) is 14.6. The number of ether oxygens (including phenoxy) is 1. The molecule has 0 bridgehead atoms. The first kappa shape index (κ1) is 26.4. The molecule has 1 aromatic carbocycles. The van der Waals surface area contributed by atoms with E-state index in [1.807, 2.05) is 0 Å². The number of hydrogen-bond acceptors (Lipinski definition) is 10. The Bertz CT molecular complexity index is 1360. The van der Waals surface area contributed by atoms with Crippen LogP contribution in [0.4, 0.5) is 5.13 Å². The van der Waals surface area contributed by atoms with Crippen LogP contribution in [0.3, 0.4) is 0 Å². The maximum absolute atomic E-state index is 13.7. The molecule has 1 aliphatic heterocycles. The molecular formula is C28H31N5O3S2. The number of ketones is 1. The highest BCUT2D eigenvalue weighted by molar-refractivity contribution is 8.01. The topological polar surface area (TPSA) is 122 Å². The number of hydrogen-bond donors (Lipinski definition) is 1. The summed E-state index contributed by atoms with van der Waals surface area (Å²) in [5, 5.41) is 20.3. The lowest BCUT2D eigenvalue weighted by atomic mass is 9.68. The van der Waals surface area contributed by atoms with E-state index in [0.717, 1.165) is 15.6 Å². The largest absolute Gasteiger partial charge is 0.465 e. The van der Waals surface area contributed by atoms with Crippen LogP contribution in [0.2, 0.25) is 0 Å². The van der Waals surface area contributed by atoms with Gasteiger partial charge in [0.2, 0.25) is 5.13 Å². The second-order valence-electron chi connectivity index (χ2n) is 10.8. The van der Waals surface area contributed by atoms with Crippen molar-refractivity contribution < 1.29 is 14.3 Å². The van der Waals surface area contributed by atoms with Crippen molar-refractivity contribution in [1.82, 2.24) is 10.2 Å². The first-order valence-electron chi connectivity index (χ1n) is 12.9. The quantitative estimate of drug-likeness (QED) is 0.469. The van der Waals surface area contributed by atoms with Gasteiger partial charge in [0.05, 0.1) is 30.2 Å². The number of methoxy groups -OCH3 is 1. The van der Waals surface area contributed by atoms with Gasteiger partial charge in [0, 0.05) is 22.9 Å². The summed E-state index contributed by atoms with van der Waals surface area (Å²) >= 11 is 3.22. The van der Waals surface area contributed by atoms with E-state index in [9.17, 15) is 14.9 Å². The van der Waals surface area contributed by atoms with Gasteiger partial charge in [-0.25, -0.2) is 4.79 Å². The van der Waals surface area contributed by atoms with Crippen LogP contribution in [0.15, 0.2) is 51.3 Å². The zero-order chi connectivity index (χ0) is 27.0. The van der Waals surface area contributed by atoms with Crippen LogP contribution in [-0.2, 0) is 9.53 Å². The van der Waals surface area contributed by atoms with Gasteiger partial charge in [-0.05, 0) is 42.4 Å². The number of nitrogens with two attached hydrogens (primary N) is 1. The van der Waals surface area contributed by atoms with Crippen LogP contribution >= 0.6 is 23.1 Å². The second-order valence-corrected chi connectivity index (χ2v) is 13.3. The maximum Gasteiger partial charge on any atom is 0.337 e. The summed E-state index contributed by atoms with van der Waals surface area (Å²) in [5.41, 5.74) is 9.20. The van der Waals surface area contributed by atoms with E-state index in [1.165, 1.54) is 50.6 Å². The van der Waals surface area contributed by atoms with Crippen LogP contribution in [0.5, 0.6) is 0 Å². The Morgan fingerprint density at radius 3 is 2.55 bits per heavy atom. The summed E-state index contributed by atoms with van der Waals surface area (Å²) in [6.45, 7) is 4.13. The molecule has 1 saturated carbocycles. The van der Waals surface area contributed by atoms with Crippen LogP contribution in [0.1, 0.15) is 80.6 Å². The maximum atomic E-state index is 13.7. The minimum absolute atomic E-state index is 0.00939. The summed E-state index contributed by atoms with van der Waals surface area (Å²) in [4.78, 5) is 27.4. The lowest BCUT2D eigenvalue weighted by molar-refractivity contribution is -0.118. The van der Waals surface area contributed by atoms with Gasteiger partial charge < -0.3 is 10.5 Å². The number of esters is 1. The molecule has 8 nitrogen and oxygen atoms in total. The molecule has 1 aromatic heterocycles. The fourth-order valence-corrected chi connectivity index (χ4v) is 8.04. The number of allylic oxidation sites excluding steroid dienone is 3. The van der Waals surface area contributed by atoms with Crippen molar-refractivity contribution in [3.63, 3.8) is 0 Å². The highest BCUT2D eigenvalue weighted by Gasteiger charge is 2.45. The zero-order valence-corrected chi connectivity index (χ0v) is 23.5. The number of nitriles is 1. The molecule has 0 saturated heterocycles. The van der Waals surface area contributed by atoms with Crippen molar-refractivity contribution in [2.45, 2.75) is 74.3 Å². The van der Waals surface area contributed by atoms with Gasteiger partial charge in [-0.1, -0.05) is 68.3 Å². The lowest BCUT2D eigenvalue weighted by Gasteiger charge is -2.42. The summed E-state index contributed by atoms with van der Waals surface area (Å²) in [6.07, 6.45) is 7.11. The Balaban J connectivity index is 1.58. The SMILES string of the molecule is COC(=O)c1ccc(C2C(C#N)=C(N)N(c3nnc(SC4CCCCC4)s3)C3=C2C(=O)CC(C)(C)C3)cc1. The number of carbonyl (C=O) groups is 2. The predicted octanol–water partition coefficient (Wildman–Crippen LogP) is 5.69. The molecule has 3 aliphatic rings. The van der Waals surface area contributed by atoms with Crippen LogP contribution < -0.4 is 10.6 Å². The number of nitrogens with zero attached hydrogens (tertiary/aromatic N) is 4. The molecule has 2 N–H and O–H groups in total. The molecule has 2 aromatic rings. The van der Waals surface area contributed by atoms with E-state index in [-0.39, 0.29) is 17.0 Å². The molecule has 198 valence electrons. The number of benzene rings is 1. The first-order chi connectivity index (χ1) is 18.2. The molecule has 5 rings (SSSR count). The highest BCUT2D eigenvalue weighted by atomic mass is 32.2. The average Bonchev–Trinajstić information content (AvgIpc) is 3.35. The lowest BCUT2D eigenvalue weighted by Crippen LogP contribution is -2.42. The van der Waals surface area contributed by atoms with Crippen LogP contribution in [-0.4, -0.2) is 34.3 Å². The van der Waals surface area contributed by atoms with Crippen molar-refractivity contribution in [2.24, 2.45) is 11.1 Å². The zero-order valence-electron chi connectivity index (χ0n) is 21.8. The number of rotatable bonds is 5. The summed E-state index contributed by atoms with van der Waals surface area (Å²) in [5.74, 6) is -0.810. The van der Waals surface area contributed by atoms with Gasteiger partial charge in [0.25, 0.3) is 0 Å². The van der Waals surface area contributed by atoms with Crippen molar-refractivity contribution in [2.75, 3.05) is 12.0 Å². The van der Waals surface area contributed by atoms with Gasteiger partial charge in [0.15, 0.2) is 10.1 Å². The van der Waals surface area contributed by atoms with E-state index in [4.69, 9.17) is 10.5 Å². The third-order valence-corrected chi connectivity index (χ3v) is 9.78. The van der Waals surface area contributed by atoms with Gasteiger partial charge in [-0.3, -0.25) is 9.69 Å². The molecule has 0 spiro atoms. The Morgan fingerprint density at radius 2 is 1.89 bits per heavy atom. The van der Waals surface area contributed by atoms with E-state index >= 15 is 0 Å². The van der Waals surface area contributed by atoms with Gasteiger partial charge >= 0.3 is 5.97 Å². The van der Waals surface area contributed by atoms with Crippen molar-refractivity contribution in [1.29, 1.82) is 5.26 Å². The molecule has 2 aliphatic carbocycles. The molecular weight excluding hydrogens is 518 g/mol. The third kappa shape index (κ3) is 4.97. The fourth-order valence-electron chi connectivity index (χ4n) is 5.66. The fraction of sp³-hybridized carbons (Fsp3) is 0.464. The van der Waals surface area contributed by atoms with Crippen molar-refractivity contribution in [3.05, 3.63) is 58.1 Å². The van der Waals surface area contributed by atoms with Gasteiger partial charge in [-0.15, -0.1) is 10.2 Å². The third-order valence-electron chi connectivity index (χ3n) is 7.45. The number of anilines is 1. The number of carbonyl (C=O) groups excluding carboxylic acids is 2. The molecule has 0 radical (unpaired) electrons. The highest BCUT2D eigenvalue weighted by Crippen LogP contribution is 2.51. The predicted molar refractivity (Wildman–Crippen MR) is 148 cm³/mol.